The highest BCUT2D eigenvalue weighted by atomic mass is 32.1. The number of benzene rings is 1. The van der Waals surface area contributed by atoms with Gasteiger partial charge in [-0.1, -0.05) is 23.5 Å². The van der Waals surface area contributed by atoms with E-state index in [9.17, 15) is 5.26 Å². The number of nitrogens with one attached hydrogen (secondary N) is 2. The number of anilines is 1. The predicted octanol–water partition coefficient (Wildman–Crippen LogP) is 4.14. The fourth-order valence-corrected chi connectivity index (χ4v) is 5.89. The highest BCUT2D eigenvalue weighted by molar-refractivity contribution is 7.19. The second-order valence-electron chi connectivity index (χ2n) is 8.85. The number of aromatic nitrogens is 2. The van der Waals surface area contributed by atoms with Crippen LogP contribution >= 0.6 is 11.3 Å². The van der Waals surface area contributed by atoms with Gasteiger partial charge in [0.2, 0.25) is 0 Å². The van der Waals surface area contributed by atoms with E-state index >= 15 is 0 Å². The molecular weight excluding hydrogens is 432 g/mol. The number of methoxy groups -OCH3 is 1. The van der Waals surface area contributed by atoms with E-state index < -0.39 is 0 Å². The number of hydrogen-bond acceptors (Lipinski definition) is 8. The van der Waals surface area contributed by atoms with Crippen LogP contribution in [-0.2, 0) is 4.74 Å². The normalized spacial score (nSPS) is 21.0. The third-order valence-corrected chi connectivity index (χ3v) is 7.32. The summed E-state index contributed by atoms with van der Waals surface area (Å²) in [5, 5.41) is 17.4. The third-order valence-electron chi connectivity index (χ3n) is 6.28. The summed E-state index contributed by atoms with van der Waals surface area (Å²) < 4.78 is 5.85. The molecule has 2 N–H and O–H groups in total. The predicted molar refractivity (Wildman–Crippen MR) is 131 cm³/mol. The molecule has 7 nitrogen and oxygen atoms in total. The van der Waals surface area contributed by atoms with Crippen LogP contribution in [-0.4, -0.2) is 53.5 Å². The van der Waals surface area contributed by atoms with Crippen LogP contribution in [0.1, 0.15) is 29.8 Å². The average molecular weight is 461 g/mol. The summed E-state index contributed by atoms with van der Waals surface area (Å²) in [5.74, 6) is 0. The summed E-state index contributed by atoms with van der Waals surface area (Å²) in [6.07, 6.45) is 2.20. The van der Waals surface area contributed by atoms with E-state index in [-0.39, 0.29) is 6.35 Å². The minimum Gasteiger partial charge on any atom is -0.348 e. The molecule has 170 valence electrons. The van der Waals surface area contributed by atoms with E-state index in [0.29, 0.717) is 17.6 Å². The molecule has 0 saturated carbocycles. The van der Waals surface area contributed by atoms with E-state index in [2.05, 4.69) is 38.7 Å². The van der Waals surface area contributed by atoms with Gasteiger partial charge in [-0.15, -0.1) is 0 Å². The van der Waals surface area contributed by atoms with E-state index in [1.165, 1.54) is 12.8 Å². The Morgan fingerprint density at radius 1 is 1.12 bits per heavy atom. The number of pyridine rings is 1. The van der Waals surface area contributed by atoms with Gasteiger partial charge in [-0.3, -0.25) is 9.88 Å². The van der Waals surface area contributed by atoms with Crippen molar-refractivity contribution >= 4 is 16.5 Å². The lowest BCUT2D eigenvalue weighted by molar-refractivity contribution is -0.0274. The molecule has 2 aliphatic heterocycles. The number of fused-ring (bicyclic) bond motifs is 2. The SMILES string of the molecule is COC(Nc1nc(-c2cccc(C#N)c2)c(-c2cc(C)nc(C)c2)s1)N1CC2CCC(C1)N2. The monoisotopic (exact) mass is 460 g/mol. The van der Waals surface area contributed by atoms with Gasteiger partial charge in [0.05, 0.1) is 22.2 Å². The van der Waals surface area contributed by atoms with Crippen LogP contribution in [0.2, 0.25) is 0 Å². The van der Waals surface area contributed by atoms with Gasteiger partial charge in [0, 0.05) is 49.2 Å². The second kappa shape index (κ2) is 9.20. The van der Waals surface area contributed by atoms with E-state index in [1.54, 1.807) is 18.4 Å². The Morgan fingerprint density at radius 3 is 2.52 bits per heavy atom. The Bertz CT molecular complexity index is 1170. The minimum absolute atomic E-state index is 0.242. The van der Waals surface area contributed by atoms with Gasteiger partial charge in [-0.2, -0.15) is 5.26 Å². The highest BCUT2D eigenvalue weighted by Crippen LogP contribution is 2.40. The summed E-state index contributed by atoms with van der Waals surface area (Å²) in [4.78, 5) is 12.9. The molecule has 2 aliphatic rings. The minimum atomic E-state index is -0.242. The van der Waals surface area contributed by atoms with Crippen LogP contribution in [0.25, 0.3) is 21.7 Å². The topological polar surface area (TPSA) is 86.1 Å². The Hall–Kier alpha value is -2.83. The first kappa shape index (κ1) is 22.0. The van der Waals surface area contributed by atoms with Gasteiger partial charge in [0.1, 0.15) is 0 Å². The fraction of sp³-hybridized carbons (Fsp3) is 0.400. The number of nitrogens with zero attached hydrogens (tertiary/aromatic N) is 4. The van der Waals surface area contributed by atoms with Crippen LogP contribution in [0.5, 0.6) is 0 Å². The smallest absolute Gasteiger partial charge is 0.188 e. The molecule has 3 atom stereocenters. The maximum Gasteiger partial charge on any atom is 0.188 e. The second-order valence-corrected chi connectivity index (χ2v) is 9.85. The maximum atomic E-state index is 9.40. The number of likely N-dealkylation sites (tertiary alicyclic amines) is 1. The van der Waals surface area contributed by atoms with Gasteiger partial charge in [-0.25, -0.2) is 4.98 Å². The number of hydrogen-bond donors (Lipinski definition) is 2. The Kier molecular flexibility index (Phi) is 6.13. The van der Waals surface area contributed by atoms with Crippen molar-refractivity contribution in [3.05, 3.63) is 53.3 Å². The van der Waals surface area contributed by atoms with Crippen molar-refractivity contribution in [1.29, 1.82) is 5.26 Å². The first-order chi connectivity index (χ1) is 16.0. The molecule has 2 saturated heterocycles. The zero-order chi connectivity index (χ0) is 22.9. The molecular formula is C25H28N6OS. The highest BCUT2D eigenvalue weighted by Gasteiger charge is 2.35. The Labute approximate surface area is 198 Å². The van der Waals surface area contributed by atoms with Crippen LogP contribution in [0, 0.1) is 25.2 Å². The lowest BCUT2D eigenvalue weighted by Gasteiger charge is -2.37. The van der Waals surface area contributed by atoms with Crippen molar-refractivity contribution in [2.45, 2.75) is 45.1 Å². The van der Waals surface area contributed by atoms with Gasteiger partial charge < -0.3 is 15.4 Å². The molecule has 4 heterocycles. The number of thiazole rings is 1. The lowest BCUT2D eigenvalue weighted by Crippen LogP contribution is -2.56. The summed E-state index contributed by atoms with van der Waals surface area (Å²) in [7, 11) is 1.74. The van der Waals surface area contributed by atoms with Gasteiger partial charge >= 0.3 is 0 Å². The van der Waals surface area contributed by atoms with Crippen molar-refractivity contribution in [3.63, 3.8) is 0 Å². The molecule has 1 aromatic carbocycles. The maximum absolute atomic E-state index is 9.40. The largest absolute Gasteiger partial charge is 0.348 e. The molecule has 5 rings (SSSR count). The van der Waals surface area contributed by atoms with Crippen molar-refractivity contribution in [2.24, 2.45) is 0 Å². The summed E-state index contributed by atoms with van der Waals surface area (Å²) in [6.45, 7) is 5.93. The van der Waals surface area contributed by atoms with Gasteiger partial charge in [-0.05, 0) is 56.5 Å². The number of nitriles is 1. The lowest BCUT2D eigenvalue weighted by atomic mass is 10.0. The summed E-state index contributed by atoms with van der Waals surface area (Å²) in [6, 6.07) is 15.1. The standard InChI is InChI=1S/C25H28N6OS/c1-15-9-19(10-16(2)27-15)23-22(18-6-4-5-17(11-18)12-26)29-24(33-23)30-25(32-3)31-13-20-7-8-21(14-31)28-20/h4-6,9-11,20-21,25,28H,7-8,13-14H2,1-3H3,(H,29,30). The van der Waals surface area contributed by atoms with E-state index in [0.717, 1.165) is 51.3 Å². The molecule has 8 heteroatoms. The Morgan fingerprint density at radius 2 is 1.85 bits per heavy atom. The molecule has 0 spiro atoms. The molecule has 0 aliphatic carbocycles. The molecule has 3 aromatic rings. The number of ether oxygens (including phenoxy) is 1. The van der Waals surface area contributed by atoms with Crippen molar-refractivity contribution < 1.29 is 4.74 Å². The first-order valence-corrected chi connectivity index (χ1v) is 12.1. The third kappa shape index (κ3) is 4.63. The molecule has 2 aromatic heterocycles. The van der Waals surface area contributed by atoms with Crippen molar-refractivity contribution in [1.82, 2.24) is 20.2 Å². The number of aryl methyl sites for hydroxylation is 2. The molecule has 3 unspecified atom stereocenters. The summed E-state index contributed by atoms with van der Waals surface area (Å²) in [5.41, 5.74) is 5.42. The molecule has 2 fully saturated rings. The summed E-state index contributed by atoms with van der Waals surface area (Å²) >= 11 is 1.61. The van der Waals surface area contributed by atoms with Crippen LogP contribution in [0.3, 0.4) is 0 Å². The zero-order valence-electron chi connectivity index (χ0n) is 19.1. The van der Waals surface area contributed by atoms with Crippen LogP contribution < -0.4 is 10.6 Å². The zero-order valence-corrected chi connectivity index (χ0v) is 19.9. The number of piperazine rings is 1. The number of rotatable bonds is 6. The molecule has 33 heavy (non-hydrogen) atoms. The van der Waals surface area contributed by atoms with E-state index in [4.69, 9.17) is 9.72 Å². The van der Waals surface area contributed by atoms with Crippen molar-refractivity contribution in [2.75, 3.05) is 25.5 Å². The average Bonchev–Trinajstić information content (AvgIpc) is 3.39. The van der Waals surface area contributed by atoms with Gasteiger partial charge in [0.25, 0.3) is 0 Å². The molecule has 2 bridgehead atoms. The molecule has 0 radical (unpaired) electrons. The van der Waals surface area contributed by atoms with Crippen molar-refractivity contribution in [3.8, 4) is 27.8 Å². The van der Waals surface area contributed by atoms with E-state index in [1.807, 2.05) is 38.1 Å². The quantitative estimate of drug-likeness (QED) is 0.535. The fourth-order valence-electron chi connectivity index (χ4n) is 4.90. The first-order valence-electron chi connectivity index (χ1n) is 11.3. The van der Waals surface area contributed by atoms with Crippen LogP contribution in [0.4, 0.5) is 5.13 Å². The Balaban J connectivity index is 1.51. The molecule has 0 amide bonds. The van der Waals surface area contributed by atoms with Gasteiger partial charge in [0.15, 0.2) is 11.5 Å². The van der Waals surface area contributed by atoms with Crippen LogP contribution in [0.15, 0.2) is 36.4 Å².